The first-order chi connectivity index (χ1) is 8.47. The first-order valence-electron chi connectivity index (χ1n) is 6.04. The molecule has 2 N–H and O–H groups in total. The third-order valence-corrected chi connectivity index (χ3v) is 2.91. The van der Waals surface area contributed by atoms with Crippen molar-refractivity contribution >= 4 is 5.97 Å². The van der Waals surface area contributed by atoms with Crippen molar-refractivity contribution in [1.82, 2.24) is 5.32 Å². The van der Waals surface area contributed by atoms with E-state index in [-0.39, 0.29) is 6.54 Å². The molecule has 4 nitrogen and oxygen atoms in total. The van der Waals surface area contributed by atoms with E-state index in [1.807, 2.05) is 18.2 Å². The first-order valence-corrected chi connectivity index (χ1v) is 6.04. The van der Waals surface area contributed by atoms with Crippen LogP contribution in [0.25, 0.3) is 0 Å². The third-order valence-electron chi connectivity index (χ3n) is 2.91. The van der Waals surface area contributed by atoms with Crippen molar-refractivity contribution in [3.05, 3.63) is 35.9 Å². The summed E-state index contributed by atoms with van der Waals surface area (Å²) >= 11 is 0. The van der Waals surface area contributed by atoms with Gasteiger partial charge in [-0.05, 0) is 18.4 Å². The molecule has 0 aliphatic carbocycles. The van der Waals surface area contributed by atoms with Crippen molar-refractivity contribution in [2.75, 3.05) is 20.2 Å². The van der Waals surface area contributed by atoms with Gasteiger partial charge in [-0.1, -0.05) is 37.3 Å². The smallest absolute Gasteiger partial charge is 0.338 e. The minimum Gasteiger partial charge on any atom is -0.467 e. The fourth-order valence-corrected chi connectivity index (χ4v) is 1.72. The van der Waals surface area contributed by atoms with Crippen LogP contribution in [0.3, 0.4) is 0 Å². The van der Waals surface area contributed by atoms with Crippen LogP contribution in [0.2, 0.25) is 0 Å². The number of methoxy groups -OCH3 is 1. The second-order valence-corrected chi connectivity index (χ2v) is 4.71. The van der Waals surface area contributed by atoms with E-state index in [1.54, 1.807) is 0 Å². The van der Waals surface area contributed by atoms with Gasteiger partial charge in [0.05, 0.1) is 7.11 Å². The van der Waals surface area contributed by atoms with Gasteiger partial charge in [-0.2, -0.15) is 0 Å². The predicted octanol–water partition coefficient (Wildman–Crippen LogP) is 1.30. The topological polar surface area (TPSA) is 58.6 Å². The maximum atomic E-state index is 11.3. The van der Waals surface area contributed by atoms with E-state index in [0.717, 1.165) is 0 Å². The van der Waals surface area contributed by atoms with E-state index in [2.05, 4.69) is 29.1 Å². The molecule has 0 aromatic heterocycles. The summed E-state index contributed by atoms with van der Waals surface area (Å²) in [5.41, 5.74) is -0.256. The number of carbonyl (C=O) groups excluding carboxylic acids is 1. The van der Waals surface area contributed by atoms with E-state index >= 15 is 0 Å². The third kappa shape index (κ3) is 4.13. The molecule has 18 heavy (non-hydrogen) atoms. The highest BCUT2D eigenvalue weighted by atomic mass is 16.5. The van der Waals surface area contributed by atoms with Crippen molar-refractivity contribution < 1.29 is 14.6 Å². The van der Waals surface area contributed by atoms with Gasteiger partial charge in [-0.3, -0.25) is 0 Å². The van der Waals surface area contributed by atoms with Crippen LogP contribution < -0.4 is 5.32 Å². The zero-order valence-corrected chi connectivity index (χ0v) is 11.1. The monoisotopic (exact) mass is 251 g/mol. The number of carbonyl (C=O) groups is 1. The summed E-state index contributed by atoms with van der Waals surface area (Å²) in [6.07, 6.45) is 0. The summed E-state index contributed by atoms with van der Waals surface area (Å²) in [5.74, 6) is -0.304. The summed E-state index contributed by atoms with van der Waals surface area (Å²) in [5, 5.41) is 12.9. The Morgan fingerprint density at radius 3 is 2.61 bits per heavy atom. The van der Waals surface area contributed by atoms with Crippen LogP contribution in [-0.2, 0) is 9.53 Å². The van der Waals surface area contributed by atoms with Crippen LogP contribution in [0, 0.1) is 0 Å². The number of aliphatic hydroxyl groups is 1. The number of hydrogen-bond acceptors (Lipinski definition) is 4. The molecule has 4 heteroatoms. The van der Waals surface area contributed by atoms with Crippen molar-refractivity contribution in [1.29, 1.82) is 0 Å². The number of ether oxygens (including phenoxy) is 1. The molecular formula is C14H21NO3. The zero-order valence-electron chi connectivity index (χ0n) is 11.1. The zero-order chi connectivity index (χ0) is 13.6. The van der Waals surface area contributed by atoms with E-state index in [4.69, 9.17) is 0 Å². The highest BCUT2D eigenvalue weighted by molar-refractivity contribution is 5.78. The van der Waals surface area contributed by atoms with E-state index in [1.165, 1.54) is 19.6 Å². The molecule has 0 fully saturated rings. The highest BCUT2D eigenvalue weighted by Gasteiger charge is 2.30. The quantitative estimate of drug-likeness (QED) is 0.748. The molecule has 100 valence electrons. The molecule has 0 saturated carbocycles. The largest absolute Gasteiger partial charge is 0.467 e. The first kappa shape index (κ1) is 14.7. The second kappa shape index (κ2) is 6.52. The number of nitrogens with one attached hydrogen (secondary N) is 1. The molecule has 0 amide bonds. The molecule has 1 aromatic rings. The number of rotatable bonds is 6. The standard InChI is InChI=1S/C14H21NO3/c1-11(12-7-5-4-6-8-12)9-15-10-14(2,17)13(16)18-3/h4-8,11,15,17H,9-10H2,1-3H3. The second-order valence-electron chi connectivity index (χ2n) is 4.71. The molecular weight excluding hydrogens is 230 g/mol. The lowest BCUT2D eigenvalue weighted by Gasteiger charge is -2.22. The molecule has 2 unspecified atom stereocenters. The number of benzene rings is 1. The van der Waals surface area contributed by atoms with Gasteiger partial charge in [-0.15, -0.1) is 0 Å². The lowest BCUT2D eigenvalue weighted by atomic mass is 10.0. The van der Waals surface area contributed by atoms with Crippen LogP contribution in [-0.4, -0.2) is 36.9 Å². The normalized spacial score (nSPS) is 15.8. The molecule has 0 heterocycles. The maximum absolute atomic E-state index is 11.3. The van der Waals surface area contributed by atoms with Crippen molar-refractivity contribution in [2.24, 2.45) is 0 Å². The van der Waals surface area contributed by atoms with Crippen LogP contribution in [0.15, 0.2) is 30.3 Å². The van der Waals surface area contributed by atoms with Crippen molar-refractivity contribution in [3.8, 4) is 0 Å². The molecule has 1 aromatic carbocycles. The van der Waals surface area contributed by atoms with Gasteiger partial charge in [0.25, 0.3) is 0 Å². The molecule has 0 saturated heterocycles. The summed E-state index contributed by atoms with van der Waals surface area (Å²) in [7, 11) is 1.27. The lowest BCUT2D eigenvalue weighted by molar-refractivity contribution is -0.159. The SMILES string of the molecule is COC(=O)C(C)(O)CNCC(C)c1ccccc1. The Balaban J connectivity index is 2.40. The Hall–Kier alpha value is -1.39. The average Bonchev–Trinajstić information content (AvgIpc) is 2.38. The van der Waals surface area contributed by atoms with E-state index in [0.29, 0.717) is 12.5 Å². The van der Waals surface area contributed by atoms with Gasteiger partial charge >= 0.3 is 5.97 Å². The van der Waals surface area contributed by atoms with Gasteiger partial charge in [0.2, 0.25) is 0 Å². The molecule has 0 bridgehead atoms. The van der Waals surface area contributed by atoms with Crippen LogP contribution in [0.4, 0.5) is 0 Å². The Morgan fingerprint density at radius 1 is 1.44 bits per heavy atom. The highest BCUT2D eigenvalue weighted by Crippen LogP contribution is 2.13. The van der Waals surface area contributed by atoms with Crippen molar-refractivity contribution in [3.63, 3.8) is 0 Å². The van der Waals surface area contributed by atoms with Gasteiger partial charge in [0.1, 0.15) is 0 Å². The van der Waals surface area contributed by atoms with Crippen LogP contribution in [0.1, 0.15) is 25.3 Å². The molecule has 1 rings (SSSR count). The van der Waals surface area contributed by atoms with Gasteiger partial charge in [0, 0.05) is 13.1 Å². The van der Waals surface area contributed by atoms with Gasteiger partial charge in [-0.25, -0.2) is 4.79 Å². The number of hydrogen-bond donors (Lipinski definition) is 2. The molecule has 0 aliphatic rings. The average molecular weight is 251 g/mol. The fraction of sp³-hybridized carbons (Fsp3) is 0.500. The van der Waals surface area contributed by atoms with Crippen LogP contribution in [0.5, 0.6) is 0 Å². The van der Waals surface area contributed by atoms with Gasteiger partial charge < -0.3 is 15.2 Å². The van der Waals surface area contributed by atoms with E-state index in [9.17, 15) is 9.90 Å². The minimum atomic E-state index is -1.48. The predicted molar refractivity (Wildman–Crippen MR) is 70.4 cm³/mol. The Labute approximate surface area is 108 Å². The molecule has 2 atom stereocenters. The summed E-state index contributed by atoms with van der Waals surface area (Å²) in [6, 6.07) is 10.1. The van der Waals surface area contributed by atoms with E-state index < -0.39 is 11.6 Å². The Bertz CT molecular complexity index is 376. The maximum Gasteiger partial charge on any atom is 0.338 e. The summed E-state index contributed by atoms with van der Waals surface area (Å²) in [6.45, 7) is 4.40. The van der Waals surface area contributed by atoms with Crippen LogP contribution >= 0.6 is 0 Å². The fourth-order valence-electron chi connectivity index (χ4n) is 1.72. The minimum absolute atomic E-state index is 0.177. The molecule has 0 aliphatic heterocycles. The Kier molecular flexibility index (Phi) is 5.31. The van der Waals surface area contributed by atoms with Crippen molar-refractivity contribution in [2.45, 2.75) is 25.4 Å². The number of esters is 1. The summed E-state index contributed by atoms with van der Waals surface area (Å²) in [4.78, 5) is 11.3. The molecule has 0 spiro atoms. The summed E-state index contributed by atoms with van der Waals surface area (Å²) < 4.78 is 4.53. The Morgan fingerprint density at radius 2 is 2.06 bits per heavy atom. The lowest BCUT2D eigenvalue weighted by Crippen LogP contribution is -2.46. The van der Waals surface area contributed by atoms with Gasteiger partial charge in [0.15, 0.2) is 5.60 Å². The molecule has 0 radical (unpaired) electrons.